The molecule has 31 heavy (non-hydrogen) atoms. The molecule has 0 spiro atoms. The van der Waals surface area contributed by atoms with Crippen molar-refractivity contribution in [3.8, 4) is 22.3 Å². The Labute approximate surface area is 183 Å². The standard InChI is InChI=1S/C31H24/c1-4-27-21(3)29-12-8-9-13-30(29)31(28(27)5-2)24-17-14-23(15-18-24)26-19-16-22-10-6-7-11-25(22)20-26/h4-20H,1-2H2,3H3. The van der Waals surface area contributed by atoms with E-state index in [9.17, 15) is 0 Å². The zero-order valence-corrected chi connectivity index (χ0v) is 17.7. The second-order valence-electron chi connectivity index (χ2n) is 7.92. The summed E-state index contributed by atoms with van der Waals surface area (Å²) in [6, 6.07) is 32.6. The minimum atomic E-state index is 1.14. The topological polar surface area (TPSA) is 0 Å². The van der Waals surface area contributed by atoms with Crippen molar-refractivity contribution in [3.05, 3.63) is 121 Å². The van der Waals surface area contributed by atoms with Crippen LogP contribution in [0.2, 0.25) is 0 Å². The predicted octanol–water partition coefficient (Wildman–Crippen LogP) is 8.92. The van der Waals surface area contributed by atoms with Crippen LogP contribution >= 0.6 is 0 Å². The number of aryl methyl sites for hydroxylation is 1. The molecule has 5 aromatic rings. The summed E-state index contributed by atoms with van der Waals surface area (Å²) in [5, 5.41) is 5.04. The van der Waals surface area contributed by atoms with Crippen molar-refractivity contribution in [1.29, 1.82) is 0 Å². The summed E-state index contributed by atoms with van der Waals surface area (Å²) in [5.74, 6) is 0. The van der Waals surface area contributed by atoms with E-state index in [-0.39, 0.29) is 0 Å². The molecule has 5 aromatic carbocycles. The summed E-state index contributed by atoms with van der Waals surface area (Å²) >= 11 is 0. The highest BCUT2D eigenvalue weighted by atomic mass is 14.2. The number of hydrogen-bond acceptors (Lipinski definition) is 0. The fourth-order valence-corrected chi connectivity index (χ4v) is 4.64. The molecule has 0 amide bonds. The lowest BCUT2D eigenvalue weighted by atomic mass is 9.86. The van der Waals surface area contributed by atoms with E-state index in [1.165, 1.54) is 49.4 Å². The number of fused-ring (bicyclic) bond motifs is 2. The summed E-state index contributed by atoms with van der Waals surface area (Å²) in [6.45, 7) is 10.4. The molecule has 0 atom stereocenters. The third-order valence-corrected chi connectivity index (χ3v) is 6.23. The molecule has 0 heteroatoms. The average Bonchev–Trinajstić information content (AvgIpc) is 2.83. The highest BCUT2D eigenvalue weighted by Gasteiger charge is 2.15. The highest BCUT2D eigenvalue weighted by molar-refractivity contribution is 6.05. The first-order valence-electron chi connectivity index (χ1n) is 10.6. The zero-order chi connectivity index (χ0) is 21.4. The molecule has 0 saturated carbocycles. The van der Waals surface area contributed by atoms with Crippen LogP contribution in [0.25, 0.3) is 56.0 Å². The Morgan fingerprint density at radius 2 is 1.13 bits per heavy atom. The molecule has 0 N–H and O–H groups in total. The van der Waals surface area contributed by atoms with Gasteiger partial charge in [0.1, 0.15) is 0 Å². The molecule has 5 rings (SSSR count). The van der Waals surface area contributed by atoms with Gasteiger partial charge in [0.2, 0.25) is 0 Å². The highest BCUT2D eigenvalue weighted by Crippen LogP contribution is 2.39. The van der Waals surface area contributed by atoms with Crippen LogP contribution < -0.4 is 0 Å². The SMILES string of the molecule is C=Cc1c(C=C)c(-c2ccc(-c3ccc4ccccc4c3)cc2)c2ccccc2c1C. The molecule has 0 bridgehead atoms. The quantitative estimate of drug-likeness (QED) is 0.284. The van der Waals surface area contributed by atoms with Crippen molar-refractivity contribution in [2.24, 2.45) is 0 Å². The van der Waals surface area contributed by atoms with E-state index in [4.69, 9.17) is 0 Å². The van der Waals surface area contributed by atoms with E-state index in [1.54, 1.807) is 0 Å². The van der Waals surface area contributed by atoms with Crippen LogP contribution in [-0.4, -0.2) is 0 Å². The molecule has 0 heterocycles. The Morgan fingerprint density at radius 1 is 0.548 bits per heavy atom. The van der Waals surface area contributed by atoms with Gasteiger partial charge in [-0.15, -0.1) is 0 Å². The van der Waals surface area contributed by atoms with Crippen molar-refractivity contribution in [1.82, 2.24) is 0 Å². The summed E-state index contributed by atoms with van der Waals surface area (Å²) in [6.07, 6.45) is 3.91. The van der Waals surface area contributed by atoms with Gasteiger partial charge in [0, 0.05) is 0 Å². The maximum Gasteiger partial charge on any atom is -0.00268 e. The van der Waals surface area contributed by atoms with E-state index < -0.39 is 0 Å². The van der Waals surface area contributed by atoms with E-state index >= 15 is 0 Å². The van der Waals surface area contributed by atoms with E-state index in [2.05, 4.69) is 111 Å². The maximum absolute atomic E-state index is 4.12. The van der Waals surface area contributed by atoms with Crippen LogP contribution in [0.1, 0.15) is 16.7 Å². The molecule has 0 aliphatic heterocycles. The van der Waals surface area contributed by atoms with Crippen molar-refractivity contribution in [2.45, 2.75) is 6.92 Å². The lowest BCUT2D eigenvalue weighted by molar-refractivity contribution is 1.47. The minimum Gasteiger partial charge on any atom is -0.0984 e. The van der Waals surface area contributed by atoms with Crippen molar-refractivity contribution in [2.75, 3.05) is 0 Å². The summed E-state index contributed by atoms with van der Waals surface area (Å²) in [4.78, 5) is 0. The molecule has 0 aromatic heterocycles. The van der Waals surface area contributed by atoms with Gasteiger partial charge in [0.05, 0.1) is 0 Å². The second kappa shape index (κ2) is 7.74. The van der Waals surface area contributed by atoms with Crippen LogP contribution in [0.3, 0.4) is 0 Å². The first-order chi connectivity index (χ1) is 15.2. The van der Waals surface area contributed by atoms with Crippen LogP contribution in [0.4, 0.5) is 0 Å². The van der Waals surface area contributed by atoms with E-state index in [1.807, 2.05) is 12.2 Å². The van der Waals surface area contributed by atoms with Gasteiger partial charge in [-0.2, -0.15) is 0 Å². The van der Waals surface area contributed by atoms with Crippen molar-refractivity contribution >= 4 is 33.7 Å². The summed E-state index contributed by atoms with van der Waals surface area (Å²) < 4.78 is 0. The van der Waals surface area contributed by atoms with E-state index in [0.29, 0.717) is 0 Å². The third kappa shape index (κ3) is 3.17. The molecule has 148 valence electrons. The lowest BCUT2D eigenvalue weighted by Crippen LogP contribution is -1.95. The van der Waals surface area contributed by atoms with Crippen molar-refractivity contribution < 1.29 is 0 Å². The first kappa shape index (κ1) is 19.1. The Kier molecular flexibility index (Phi) is 4.76. The molecular weight excluding hydrogens is 372 g/mol. The van der Waals surface area contributed by atoms with Gasteiger partial charge in [-0.1, -0.05) is 110 Å². The largest absolute Gasteiger partial charge is 0.0984 e. The van der Waals surface area contributed by atoms with Crippen LogP contribution in [-0.2, 0) is 0 Å². The Hall–Kier alpha value is -3.90. The maximum atomic E-state index is 4.12. The minimum absolute atomic E-state index is 1.14. The van der Waals surface area contributed by atoms with Crippen LogP contribution in [0.5, 0.6) is 0 Å². The molecule has 0 aliphatic rings. The molecular formula is C31H24. The fraction of sp³-hybridized carbons (Fsp3) is 0.0323. The van der Waals surface area contributed by atoms with Gasteiger partial charge in [0.15, 0.2) is 0 Å². The van der Waals surface area contributed by atoms with E-state index in [0.717, 1.165) is 11.1 Å². The molecule has 0 radical (unpaired) electrons. The molecule has 0 fully saturated rings. The van der Waals surface area contributed by atoms with Gasteiger partial charge < -0.3 is 0 Å². The van der Waals surface area contributed by atoms with Crippen LogP contribution in [0.15, 0.2) is 104 Å². The molecule has 0 nitrogen and oxygen atoms in total. The van der Waals surface area contributed by atoms with Gasteiger partial charge in [-0.25, -0.2) is 0 Å². The summed E-state index contributed by atoms with van der Waals surface area (Å²) in [5.41, 5.74) is 8.41. The van der Waals surface area contributed by atoms with Gasteiger partial charge in [-0.3, -0.25) is 0 Å². The van der Waals surface area contributed by atoms with Gasteiger partial charge in [-0.05, 0) is 73.5 Å². The Morgan fingerprint density at radius 3 is 1.84 bits per heavy atom. The van der Waals surface area contributed by atoms with Gasteiger partial charge >= 0.3 is 0 Å². The Bertz CT molecular complexity index is 1450. The predicted molar refractivity (Wildman–Crippen MR) is 137 cm³/mol. The van der Waals surface area contributed by atoms with Crippen molar-refractivity contribution in [3.63, 3.8) is 0 Å². The normalized spacial score (nSPS) is 11.0. The number of hydrogen-bond donors (Lipinski definition) is 0. The first-order valence-corrected chi connectivity index (χ1v) is 10.6. The second-order valence-corrected chi connectivity index (χ2v) is 7.92. The fourth-order valence-electron chi connectivity index (χ4n) is 4.64. The lowest BCUT2D eigenvalue weighted by Gasteiger charge is -2.18. The van der Waals surface area contributed by atoms with Crippen LogP contribution in [0, 0.1) is 6.92 Å². The summed E-state index contributed by atoms with van der Waals surface area (Å²) in [7, 11) is 0. The number of rotatable bonds is 4. The smallest absolute Gasteiger partial charge is 0.00268 e. The molecule has 0 saturated heterocycles. The monoisotopic (exact) mass is 396 g/mol. The third-order valence-electron chi connectivity index (χ3n) is 6.23. The zero-order valence-electron chi connectivity index (χ0n) is 17.7. The average molecular weight is 397 g/mol. The Balaban J connectivity index is 1.68. The van der Waals surface area contributed by atoms with Gasteiger partial charge in [0.25, 0.3) is 0 Å². The molecule has 0 aliphatic carbocycles. The molecule has 0 unspecified atom stereocenters. The number of benzene rings is 5.